The fraction of sp³-hybridized carbons (Fsp3) is 0.0222. The van der Waals surface area contributed by atoms with E-state index < -0.39 is 11.2 Å². The van der Waals surface area contributed by atoms with E-state index in [0.717, 1.165) is 39.2 Å². The lowest BCUT2D eigenvalue weighted by Gasteiger charge is -2.32. The van der Waals surface area contributed by atoms with Gasteiger partial charge in [0.05, 0.1) is 22.2 Å². The molecule has 0 saturated carbocycles. The minimum Gasteiger partial charge on any atom is -0.310 e. The van der Waals surface area contributed by atoms with Gasteiger partial charge in [0.1, 0.15) is 12.1 Å². The van der Waals surface area contributed by atoms with Crippen molar-refractivity contribution in [1.29, 1.82) is 10.5 Å². The van der Waals surface area contributed by atoms with Gasteiger partial charge in [-0.05, 0) is 80.4 Å². The van der Waals surface area contributed by atoms with E-state index in [-0.39, 0.29) is 11.1 Å². The lowest BCUT2D eigenvalue weighted by atomic mass is 9.70. The van der Waals surface area contributed by atoms with Crippen LogP contribution in [0.15, 0.2) is 158 Å². The Morgan fingerprint density at radius 1 is 0.469 bits per heavy atom. The van der Waals surface area contributed by atoms with E-state index in [1.54, 1.807) is 0 Å². The zero-order chi connectivity index (χ0) is 33.1. The second-order valence-corrected chi connectivity index (χ2v) is 12.4. The summed E-state index contributed by atoms with van der Waals surface area (Å²) in [5, 5.41) is 19.9. The Bertz CT molecular complexity index is 2460. The summed E-state index contributed by atoms with van der Waals surface area (Å²) < 4.78 is 15.2. The number of hydrogen-bond donors (Lipinski definition) is 0. The number of halogens is 1. The lowest BCUT2D eigenvalue weighted by Crippen LogP contribution is -2.26. The van der Waals surface area contributed by atoms with Gasteiger partial charge in [0.15, 0.2) is 5.82 Å². The van der Waals surface area contributed by atoms with E-state index in [9.17, 15) is 10.5 Å². The molecule has 228 valence electrons. The van der Waals surface area contributed by atoms with Crippen LogP contribution < -0.4 is 4.90 Å². The highest BCUT2D eigenvalue weighted by Crippen LogP contribution is 2.64. The standard InChI is InChI=1S/C45H26FN3/c46-44-31(27-47)25-34(26-32(44)28-48)49(33-23-21-30(22-24-33)29-11-2-1-3-12-29)42-20-10-19-41-43(42)37-15-6-9-18-40(37)45(41)38-16-7-4-13-35(38)36-14-5-8-17-39(36)45/h1-26H. The number of rotatable bonds is 4. The van der Waals surface area contributed by atoms with E-state index in [0.29, 0.717) is 5.69 Å². The SMILES string of the molecule is N#Cc1cc(N(c2ccc(-c3ccccc3)cc2)c2cccc3c2-c2ccccc2C32c3ccccc3-c3ccccc32)cc(C#N)c1F. The third-order valence-corrected chi connectivity index (χ3v) is 10.0. The highest BCUT2D eigenvalue weighted by atomic mass is 19.1. The molecule has 0 aromatic heterocycles. The number of benzene rings is 7. The van der Waals surface area contributed by atoms with Crippen LogP contribution in [0.5, 0.6) is 0 Å². The van der Waals surface area contributed by atoms with Crippen molar-refractivity contribution in [2.24, 2.45) is 0 Å². The van der Waals surface area contributed by atoms with Crippen LogP contribution in [0.3, 0.4) is 0 Å². The van der Waals surface area contributed by atoms with Crippen LogP contribution in [0.2, 0.25) is 0 Å². The molecule has 0 amide bonds. The Balaban J connectivity index is 1.35. The van der Waals surface area contributed by atoms with Gasteiger partial charge in [0.25, 0.3) is 0 Å². The maximum Gasteiger partial charge on any atom is 0.158 e. The Hall–Kier alpha value is -6.75. The number of anilines is 3. The zero-order valence-corrected chi connectivity index (χ0v) is 26.2. The number of hydrogen-bond acceptors (Lipinski definition) is 3. The van der Waals surface area contributed by atoms with Gasteiger partial charge in [-0.2, -0.15) is 10.5 Å². The van der Waals surface area contributed by atoms with Crippen molar-refractivity contribution in [2.45, 2.75) is 5.41 Å². The zero-order valence-electron chi connectivity index (χ0n) is 26.2. The van der Waals surface area contributed by atoms with Gasteiger partial charge in [-0.3, -0.25) is 0 Å². The molecule has 7 aromatic carbocycles. The third-order valence-electron chi connectivity index (χ3n) is 10.0. The summed E-state index contributed by atoms with van der Waals surface area (Å²) in [6, 6.07) is 57.7. The predicted molar refractivity (Wildman–Crippen MR) is 192 cm³/mol. The van der Waals surface area contributed by atoms with Gasteiger partial charge >= 0.3 is 0 Å². The number of fused-ring (bicyclic) bond motifs is 10. The molecule has 0 aliphatic heterocycles. The fourth-order valence-electron chi connectivity index (χ4n) is 8.07. The first-order chi connectivity index (χ1) is 24.1. The minimum atomic E-state index is -0.810. The molecule has 7 aromatic rings. The van der Waals surface area contributed by atoms with Crippen molar-refractivity contribution in [3.05, 3.63) is 197 Å². The van der Waals surface area contributed by atoms with Crippen molar-refractivity contribution in [3.8, 4) is 45.5 Å². The Morgan fingerprint density at radius 3 is 1.55 bits per heavy atom. The maximum absolute atomic E-state index is 15.2. The van der Waals surface area contributed by atoms with Crippen molar-refractivity contribution in [1.82, 2.24) is 0 Å². The van der Waals surface area contributed by atoms with E-state index in [1.165, 1.54) is 39.9 Å². The summed E-state index contributed by atoms with van der Waals surface area (Å²) in [7, 11) is 0. The summed E-state index contributed by atoms with van der Waals surface area (Å²) in [5.41, 5.74) is 12.9. The summed E-state index contributed by atoms with van der Waals surface area (Å²) in [6.45, 7) is 0. The molecule has 0 radical (unpaired) electrons. The smallest absolute Gasteiger partial charge is 0.158 e. The molecule has 3 nitrogen and oxygen atoms in total. The van der Waals surface area contributed by atoms with Crippen molar-refractivity contribution >= 4 is 17.1 Å². The molecule has 4 heteroatoms. The van der Waals surface area contributed by atoms with E-state index in [4.69, 9.17) is 0 Å². The second-order valence-electron chi connectivity index (χ2n) is 12.4. The molecule has 2 aliphatic carbocycles. The van der Waals surface area contributed by atoms with Crippen LogP contribution in [0.1, 0.15) is 33.4 Å². The summed E-state index contributed by atoms with van der Waals surface area (Å²) >= 11 is 0. The Labute approximate surface area is 284 Å². The predicted octanol–water partition coefficient (Wildman–Crippen LogP) is 11.0. The Morgan fingerprint density at radius 2 is 0.959 bits per heavy atom. The van der Waals surface area contributed by atoms with Gasteiger partial charge in [-0.1, -0.05) is 127 Å². The van der Waals surface area contributed by atoms with Crippen LogP contribution >= 0.6 is 0 Å². The van der Waals surface area contributed by atoms with Crippen molar-refractivity contribution < 1.29 is 4.39 Å². The lowest BCUT2D eigenvalue weighted by molar-refractivity contribution is 0.620. The van der Waals surface area contributed by atoms with Gasteiger partial charge < -0.3 is 4.90 Å². The van der Waals surface area contributed by atoms with Gasteiger partial charge in [0, 0.05) is 16.9 Å². The Kier molecular flexibility index (Phi) is 6.34. The quantitative estimate of drug-likeness (QED) is 0.195. The van der Waals surface area contributed by atoms with Crippen LogP contribution in [0.25, 0.3) is 33.4 Å². The molecule has 9 rings (SSSR count). The highest BCUT2D eigenvalue weighted by molar-refractivity contribution is 6.01. The maximum atomic E-state index is 15.2. The normalized spacial score (nSPS) is 12.7. The molecule has 2 aliphatic rings. The number of nitrogens with zero attached hydrogens (tertiary/aromatic N) is 3. The second kappa shape index (κ2) is 10.9. The van der Waals surface area contributed by atoms with E-state index in [1.807, 2.05) is 42.5 Å². The monoisotopic (exact) mass is 627 g/mol. The molecule has 0 heterocycles. The molecule has 49 heavy (non-hydrogen) atoms. The molecule has 0 bridgehead atoms. The van der Waals surface area contributed by atoms with Gasteiger partial charge in [-0.25, -0.2) is 4.39 Å². The molecule has 0 N–H and O–H groups in total. The van der Waals surface area contributed by atoms with Gasteiger partial charge in [0.2, 0.25) is 0 Å². The van der Waals surface area contributed by atoms with Crippen molar-refractivity contribution in [3.63, 3.8) is 0 Å². The van der Waals surface area contributed by atoms with Gasteiger partial charge in [-0.15, -0.1) is 0 Å². The average Bonchev–Trinajstić information content (AvgIpc) is 3.64. The van der Waals surface area contributed by atoms with Crippen LogP contribution in [-0.4, -0.2) is 0 Å². The average molecular weight is 628 g/mol. The summed E-state index contributed by atoms with van der Waals surface area (Å²) in [4.78, 5) is 2.05. The molecule has 0 unspecified atom stereocenters. The van der Waals surface area contributed by atoms with Crippen LogP contribution in [-0.2, 0) is 5.41 Å². The fourth-order valence-corrected chi connectivity index (χ4v) is 8.07. The third kappa shape index (κ3) is 3.99. The van der Waals surface area contributed by atoms with E-state index >= 15 is 4.39 Å². The first-order valence-corrected chi connectivity index (χ1v) is 16.2. The van der Waals surface area contributed by atoms with Crippen molar-refractivity contribution in [2.75, 3.05) is 4.90 Å². The topological polar surface area (TPSA) is 50.8 Å². The summed E-state index contributed by atoms with van der Waals surface area (Å²) in [6.07, 6.45) is 0. The first kappa shape index (κ1) is 28.5. The molecular weight excluding hydrogens is 602 g/mol. The minimum absolute atomic E-state index is 0.178. The van der Waals surface area contributed by atoms with Crippen LogP contribution in [0.4, 0.5) is 21.5 Å². The molecular formula is C45H26FN3. The largest absolute Gasteiger partial charge is 0.310 e. The molecule has 1 spiro atoms. The molecule has 0 saturated heterocycles. The van der Waals surface area contributed by atoms with E-state index in [2.05, 4.69) is 120 Å². The molecule has 0 fully saturated rings. The van der Waals surface area contributed by atoms with Crippen LogP contribution in [0, 0.1) is 28.5 Å². The summed E-state index contributed by atoms with van der Waals surface area (Å²) in [5.74, 6) is -0.810. The number of nitriles is 2. The molecule has 0 atom stereocenters. The first-order valence-electron chi connectivity index (χ1n) is 16.2. The highest BCUT2D eigenvalue weighted by Gasteiger charge is 2.52.